The van der Waals surface area contributed by atoms with Crippen LogP contribution in [0.3, 0.4) is 0 Å². The van der Waals surface area contributed by atoms with E-state index in [0.717, 1.165) is 23.5 Å². The number of aliphatic imine (C=N–C) groups is 1. The summed E-state index contributed by atoms with van der Waals surface area (Å²) >= 11 is 0. The van der Waals surface area contributed by atoms with Gasteiger partial charge in [0, 0.05) is 13.0 Å². The van der Waals surface area contributed by atoms with Crippen molar-refractivity contribution >= 4 is 40.0 Å². The van der Waals surface area contributed by atoms with Gasteiger partial charge in [0.15, 0.2) is 5.96 Å². The van der Waals surface area contributed by atoms with Crippen molar-refractivity contribution in [1.82, 2.24) is 10.6 Å². The number of nitrogens with zero attached hydrogens (tertiary/aromatic N) is 1. The number of ether oxygens (including phenoxy) is 1. The van der Waals surface area contributed by atoms with Gasteiger partial charge in [-0.3, -0.25) is 0 Å². The molecule has 32 heavy (non-hydrogen) atoms. The Kier molecular flexibility index (Phi) is 10.5. The Bertz CT molecular complexity index is 1060. The summed E-state index contributed by atoms with van der Waals surface area (Å²) in [5, 5.41) is 11.7. The quantitative estimate of drug-likeness (QED) is 0.149. The van der Waals surface area contributed by atoms with E-state index in [0.29, 0.717) is 32.2 Å². The highest BCUT2D eigenvalue weighted by molar-refractivity contribution is 14.0. The standard InChI is InChI=1S/C22H26N4O4S.HI/c23-31(27,28)21-10-8-18(9-11-21)17-26-22(24-13-12-20-7-4-15-29-20)25-14-16-30-19-5-2-1-3-6-19;/h1-11,15H,12-14,16-17H2,(H2,23,27,28)(H2,24,25,26);1H. The van der Waals surface area contributed by atoms with Gasteiger partial charge in [0.25, 0.3) is 0 Å². The van der Waals surface area contributed by atoms with Gasteiger partial charge in [-0.25, -0.2) is 18.5 Å². The van der Waals surface area contributed by atoms with E-state index in [1.165, 1.54) is 12.1 Å². The second kappa shape index (κ2) is 13.1. The van der Waals surface area contributed by atoms with Crippen molar-refractivity contribution in [3.8, 4) is 5.75 Å². The minimum absolute atomic E-state index is 0. The topological polar surface area (TPSA) is 119 Å². The van der Waals surface area contributed by atoms with Gasteiger partial charge in [-0.05, 0) is 42.0 Å². The van der Waals surface area contributed by atoms with Crippen molar-refractivity contribution in [2.45, 2.75) is 17.9 Å². The summed E-state index contributed by atoms with van der Waals surface area (Å²) in [6.45, 7) is 2.06. The lowest BCUT2D eigenvalue weighted by atomic mass is 10.2. The molecule has 0 spiro atoms. The Morgan fingerprint density at radius 1 is 0.969 bits per heavy atom. The predicted molar refractivity (Wildman–Crippen MR) is 135 cm³/mol. The molecule has 0 amide bonds. The van der Waals surface area contributed by atoms with Crippen LogP contribution in [0.2, 0.25) is 0 Å². The minimum Gasteiger partial charge on any atom is -0.492 e. The van der Waals surface area contributed by atoms with Crippen molar-refractivity contribution in [1.29, 1.82) is 0 Å². The Balaban J connectivity index is 0.00000363. The first-order chi connectivity index (χ1) is 15.0. The fourth-order valence-corrected chi connectivity index (χ4v) is 3.26. The number of rotatable bonds is 10. The Hall–Kier alpha value is -2.57. The van der Waals surface area contributed by atoms with Crippen LogP contribution in [0.4, 0.5) is 0 Å². The molecule has 3 aromatic rings. The average Bonchev–Trinajstić information content (AvgIpc) is 3.28. The second-order valence-electron chi connectivity index (χ2n) is 6.70. The normalized spacial score (nSPS) is 11.5. The van der Waals surface area contributed by atoms with Gasteiger partial charge in [0.05, 0.1) is 24.2 Å². The van der Waals surface area contributed by atoms with Crippen molar-refractivity contribution in [2.24, 2.45) is 10.1 Å². The third-order valence-electron chi connectivity index (χ3n) is 4.32. The smallest absolute Gasteiger partial charge is 0.238 e. The molecule has 0 aliphatic rings. The number of hydrogen-bond donors (Lipinski definition) is 3. The first kappa shape index (κ1) is 25.7. The lowest BCUT2D eigenvalue weighted by molar-refractivity contribution is 0.322. The van der Waals surface area contributed by atoms with E-state index in [1.54, 1.807) is 18.4 Å². The van der Waals surface area contributed by atoms with E-state index in [4.69, 9.17) is 14.3 Å². The second-order valence-corrected chi connectivity index (χ2v) is 8.26. The molecule has 0 unspecified atom stereocenters. The van der Waals surface area contributed by atoms with E-state index >= 15 is 0 Å². The Morgan fingerprint density at radius 2 is 1.69 bits per heavy atom. The number of sulfonamides is 1. The maximum absolute atomic E-state index is 11.4. The van der Waals surface area contributed by atoms with Crippen LogP contribution in [0.25, 0.3) is 0 Å². The van der Waals surface area contributed by atoms with Crippen LogP contribution in [-0.2, 0) is 23.0 Å². The molecule has 0 saturated carbocycles. The monoisotopic (exact) mass is 570 g/mol. The molecule has 1 aromatic heterocycles. The van der Waals surface area contributed by atoms with Gasteiger partial charge < -0.3 is 19.8 Å². The molecule has 0 atom stereocenters. The summed E-state index contributed by atoms with van der Waals surface area (Å²) < 4.78 is 33.8. The van der Waals surface area contributed by atoms with Crippen LogP contribution in [-0.4, -0.2) is 34.1 Å². The largest absolute Gasteiger partial charge is 0.492 e. The summed E-state index contributed by atoms with van der Waals surface area (Å²) in [7, 11) is -3.71. The Morgan fingerprint density at radius 3 is 2.34 bits per heavy atom. The number of guanidine groups is 1. The molecule has 2 aromatic carbocycles. The van der Waals surface area contributed by atoms with Gasteiger partial charge in [0.2, 0.25) is 10.0 Å². The molecule has 8 nitrogen and oxygen atoms in total. The van der Waals surface area contributed by atoms with Crippen LogP contribution in [0.5, 0.6) is 5.75 Å². The van der Waals surface area contributed by atoms with Crippen molar-refractivity contribution in [3.05, 3.63) is 84.3 Å². The molecule has 0 aliphatic heterocycles. The van der Waals surface area contributed by atoms with Gasteiger partial charge in [-0.2, -0.15) is 0 Å². The molecule has 0 saturated heterocycles. The van der Waals surface area contributed by atoms with Gasteiger partial charge in [0.1, 0.15) is 18.1 Å². The maximum Gasteiger partial charge on any atom is 0.238 e. The van der Waals surface area contributed by atoms with Crippen LogP contribution in [0, 0.1) is 0 Å². The number of halogens is 1. The number of hydrogen-bond acceptors (Lipinski definition) is 5. The van der Waals surface area contributed by atoms with E-state index in [9.17, 15) is 8.42 Å². The van der Waals surface area contributed by atoms with Crippen molar-refractivity contribution < 1.29 is 17.6 Å². The number of furan rings is 1. The maximum atomic E-state index is 11.4. The molecule has 0 bridgehead atoms. The molecular formula is C22H27IN4O4S. The van der Waals surface area contributed by atoms with Gasteiger partial charge >= 0.3 is 0 Å². The highest BCUT2D eigenvalue weighted by Crippen LogP contribution is 2.10. The van der Waals surface area contributed by atoms with Crippen LogP contribution in [0.1, 0.15) is 11.3 Å². The molecule has 0 aliphatic carbocycles. The lowest BCUT2D eigenvalue weighted by Crippen LogP contribution is -2.40. The summed E-state index contributed by atoms with van der Waals surface area (Å²) in [5.41, 5.74) is 0.861. The predicted octanol–water partition coefficient (Wildman–Crippen LogP) is 2.90. The molecule has 4 N–H and O–H groups in total. The summed E-state index contributed by atoms with van der Waals surface area (Å²) in [4.78, 5) is 4.65. The molecule has 10 heteroatoms. The zero-order chi connectivity index (χ0) is 21.9. The lowest BCUT2D eigenvalue weighted by Gasteiger charge is -2.13. The summed E-state index contributed by atoms with van der Waals surface area (Å²) in [6.07, 6.45) is 2.37. The van der Waals surface area contributed by atoms with Gasteiger partial charge in [-0.15, -0.1) is 24.0 Å². The minimum atomic E-state index is -3.71. The summed E-state index contributed by atoms with van der Waals surface area (Å²) in [6, 6.07) is 19.7. The molecule has 0 fully saturated rings. The number of para-hydroxylation sites is 1. The highest BCUT2D eigenvalue weighted by Gasteiger charge is 2.07. The first-order valence-electron chi connectivity index (χ1n) is 9.85. The third-order valence-corrected chi connectivity index (χ3v) is 5.25. The SMILES string of the molecule is I.NS(=O)(=O)c1ccc(CN=C(NCCOc2ccccc2)NCCc2ccco2)cc1. The molecular weight excluding hydrogens is 543 g/mol. The fraction of sp³-hybridized carbons (Fsp3) is 0.227. The fourth-order valence-electron chi connectivity index (χ4n) is 2.74. The molecule has 172 valence electrons. The van der Waals surface area contributed by atoms with Crippen LogP contribution >= 0.6 is 24.0 Å². The van der Waals surface area contributed by atoms with E-state index in [2.05, 4.69) is 15.6 Å². The van der Waals surface area contributed by atoms with Crippen LogP contribution in [0.15, 0.2) is 87.3 Å². The van der Waals surface area contributed by atoms with Crippen molar-refractivity contribution in [3.63, 3.8) is 0 Å². The number of benzene rings is 2. The van der Waals surface area contributed by atoms with E-state index in [-0.39, 0.29) is 28.9 Å². The number of nitrogens with two attached hydrogens (primary N) is 1. The summed E-state index contributed by atoms with van der Waals surface area (Å²) in [5.74, 6) is 2.32. The molecule has 3 rings (SSSR count). The van der Waals surface area contributed by atoms with E-state index < -0.39 is 10.0 Å². The Labute approximate surface area is 205 Å². The average molecular weight is 570 g/mol. The van der Waals surface area contributed by atoms with Gasteiger partial charge in [-0.1, -0.05) is 30.3 Å². The third kappa shape index (κ3) is 8.89. The zero-order valence-electron chi connectivity index (χ0n) is 17.4. The van der Waals surface area contributed by atoms with Crippen LogP contribution < -0.4 is 20.5 Å². The van der Waals surface area contributed by atoms with E-state index in [1.807, 2.05) is 42.5 Å². The molecule has 1 heterocycles. The number of primary sulfonamides is 1. The first-order valence-corrected chi connectivity index (χ1v) is 11.4. The molecule has 0 radical (unpaired) electrons. The zero-order valence-corrected chi connectivity index (χ0v) is 20.6. The number of nitrogens with one attached hydrogen (secondary N) is 2. The highest BCUT2D eigenvalue weighted by atomic mass is 127. The van der Waals surface area contributed by atoms with Crippen molar-refractivity contribution in [2.75, 3.05) is 19.7 Å².